The number of carboxylic acids is 1. The number of carboxylic acid groups (broad SMARTS) is 1. The first-order chi connectivity index (χ1) is 12.6. The lowest BCUT2D eigenvalue weighted by molar-refractivity contribution is -0.121. The Morgan fingerprint density at radius 2 is 1.85 bits per heavy atom. The van der Waals surface area contributed by atoms with Crippen molar-refractivity contribution in [2.24, 2.45) is 5.92 Å². The molecule has 1 heterocycles. The number of rotatable bonds is 7. The van der Waals surface area contributed by atoms with Crippen LogP contribution in [0, 0.1) is 5.92 Å². The number of ether oxygens (including phenoxy) is 1. The maximum Gasteiger partial charge on any atom is 0.335 e. The first-order valence-corrected chi connectivity index (χ1v) is 8.86. The molecule has 3 rings (SSSR count). The largest absolute Gasteiger partial charge is 0.478 e. The lowest BCUT2D eigenvalue weighted by atomic mass is 9.94. The number of aromatic carboxylic acids is 1. The smallest absolute Gasteiger partial charge is 0.335 e. The van der Waals surface area contributed by atoms with Crippen molar-refractivity contribution < 1.29 is 19.4 Å². The van der Waals surface area contributed by atoms with Crippen LogP contribution in [-0.4, -0.2) is 30.2 Å². The molecule has 5 nitrogen and oxygen atoms in total. The molecule has 0 bridgehead atoms. The fourth-order valence-electron chi connectivity index (χ4n) is 3.26. The second kappa shape index (κ2) is 8.63. The van der Waals surface area contributed by atoms with Gasteiger partial charge in [-0.25, -0.2) is 4.79 Å². The Bertz CT molecular complexity index is 736. The number of benzene rings is 2. The number of hydrogen-bond donors (Lipinski definition) is 2. The maximum atomic E-state index is 12.5. The van der Waals surface area contributed by atoms with Crippen molar-refractivity contribution in [2.75, 3.05) is 13.2 Å². The standard InChI is InChI=1S/C21H23NO4/c23-20(13-15-6-8-18(9-7-15)21(24)25)22-19(12-16-10-11-26-14-16)17-4-2-1-3-5-17/h1-9,16,19H,10-14H2,(H,22,23)(H,24,25). The van der Waals surface area contributed by atoms with Gasteiger partial charge in [0, 0.05) is 13.2 Å². The molecule has 0 aliphatic carbocycles. The van der Waals surface area contributed by atoms with Crippen molar-refractivity contribution in [3.63, 3.8) is 0 Å². The molecule has 2 unspecified atom stereocenters. The van der Waals surface area contributed by atoms with Crippen molar-refractivity contribution in [1.29, 1.82) is 0 Å². The van der Waals surface area contributed by atoms with Crippen LogP contribution in [0.4, 0.5) is 0 Å². The molecular formula is C21H23NO4. The van der Waals surface area contributed by atoms with Crippen LogP contribution < -0.4 is 5.32 Å². The molecular weight excluding hydrogens is 330 g/mol. The minimum atomic E-state index is -0.969. The van der Waals surface area contributed by atoms with Crippen molar-refractivity contribution >= 4 is 11.9 Å². The van der Waals surface area contributed by atoms with Crippen LogP contribution >= 0.6 is 0 Å². The van der Waals surface area contributed by atoms with E-state index >= 15 is 0 Å². The molecule has 0 radical (unpaired) electrons. The number of carbonyl (C=O) groups excluding carboxylic acids is 1. The monoisotopic (exact) mass is 353 g/mol. The highest BCUT2D eigenvalue weighted by Gasteiger charge is 2.23. The van der Waals surface area contributed by atoms with Gasteiger partial charge in [0.25, 0.3) is 0 Å². The molecule has 2 atom stereocenters. The Balaban J connectivity index is 1.65. The molecule has 1 saturated heterocycles. The van der Waals surface area contributed by atoms with E-state index in [-0.39, 0.29) is 23.9 Å². The van der Waals surface area contributed by atoms with Crippen LogP contribution in [0.5, 0.6) is 0 Å². The molecule has 2 aromatic carbocycles. The van der Waals surface area contributed by atoms with Crippen LogP contribution in [0.2, 0.25) is 0 Å². The summed E-state index contributed by atoms with van der Waals surface area (Å²) < 4.78 is 5.46. The highest BCUT2D eigenvalue weighted by atomic mass is 16.5. The van der Waals surface area contributed by atoms with Crippen molar-refractivity contribution in [3.05, 3.63) is 71.3 Å². The summed E-state index contributed by atoms with van der Waals surface area (Å²) in [4.78, 5) is 23.4. The topological polar surface area (TPSA) is 75.6 Å². The average Bonchev–Trinajstić information content (AvgIpc) is 3.15. The SMILES string of the molecule is O=C(Cc1ccc(C(=O)O)cc1)NC(CC1CCOC1)c1ccccc1. The summed E-state index contributed by atoms with van der Waals surface area (Å²) >= 11 is 0. The van der Waals surface area contributed by atoms with E-state index in [4.69, 9.17) is 9.84 Å². The minimum Gasteiger partial charge on any atom is -0.478 e. The summed E-state index contributed by atoms with van der Waals surface area (Å²) in [5, 5.41) is 12.1. The van der Waals surface area contributed by atoms with Gasteiger partial charge in [-0.3, -0.25) is 4.79 Å². The molecule has 2 N–H and O–H groups in total. The third-order valence-corrected chi connectivity index (χ3v) is 4.70. The summed E-state index contributed by atoms with van der Waals surface area (Å²) in [6.07, 6.45) is 2.11. The Hall–Kier alpha value is -2.66. The Labute approximate surface area is 153 Å². The lowest BCUT2D eigenvalue weighted by Crippen LogP contribution is -2.31. The Kier molecular flexibility index (Phi) is 6.02. The summed E-state index contributed by atoms with van der Waals surface area (Å²) in [5.41, 5.74) is 2.11. The molecule has 26 heavy (non-hydrogen) atoms. The highest BCUT2D eigenvalue weighted by Crippen LogP contribution is 2.26. The van der Waals surface area contributed by atoms with E-state index in [0.29, 0.717) is 5.92 Å². The van der Waals surface area contributed by atoms with E-state index < -0.39 is 5.97 Å². The molecule has 1 aliphatic rings. The number of hydrogen-bond acceptors (Lipinski definition) is 3. The van der Waals surface area contributed by atoms with Gasteiger partial charge in [-0.05, 0) is 42.0 Å². The lowest BCUT2D eigenvalue weighted by Gasteiger charge is -2.22. The fourth-order valence-corrected chi connectivity index (χ4v) is 3.26. The van der Waals surface area contributed by atoms with Gasteiger partial charge in [-0.15, -0.1) is 0 Å². The van der Waals surface area contributed by atoms with Crippen LogP contribution in [0.3, 0.4) is 0 Å². The highest BCUT2D eigenvalue weighted by molar-refractivity contribution is 5.87. The summed E-state index contributed by atoms with van der Waals surface area (Å²) in [6, 6.07) is 16.3. The number of carbonyl (C=O) groups is 2. The van der Waals surface area contributed by atoms with Crippen LogP contribution in [0.25, 0.3) is 0 Å². The van der Waals surface area contributed by atoms with E-state index in [0.717, 1.165) is 37.2 Å². The molecule has 0 aromatic heterocycles. The van der Waals surface area contributed by atoms with E-state index in [2.05, 4.69) is 5.32 Å². The molecule has 0 spiro atoms. The van der Waals surface area contributed by atoms with Gasteiger partial charge < -0.3 is 15.2 Å². The zero-order chi connectivity index (χ0) is 18.4. The molecule has 1 amide bonds. The summed E-state index contributed by atoms with van der Waals surface area (Å²) in [5.74, 6) is -0.583. The predicted molar refractivity (Wildman–Crippen MR) is 98.0 cm³/mol. The summed E-state index contributed by atoms with van der Waals surface area (Å²) in [7, 11) is 0. The van der Waals surface area contributed by atoms with Crippen LogP contribution in [-0.2, 0) is 16.0 Å². The van der Waals surface area contributed by atoms with Gasteiger partial charge in [0.2, 0.25) is 5.91 Å². The van der Waals surface area contributed by atoms with Gasteiger partial charge in [0.15, 0.2) is 0 Å². The third kappa shape index (κ3) is 4.92. The average molecular weight is 353 g/mol. The first-order valence-electron chi connectivity index (χ1n) is 8.86. The minimum absolute atomic E-state index is 0.0475. The number of amides is 1. The van der Waals surface area contributed by atoms with E-state index in [1.54, 1.807) is 12.1 Å². The normalized spacial score (nSPS) is 17.6. The zero-order valence-corrected chi connectivity index (χ0v) is 14.6. The maximum absolute atomic E-state index is 12.5. The molecule has 136 valence electrons. The predicted octanol–water partition coefficient (Wildman–Crippen LogP) is 3.21. The number of nitrogens with one attached hydrogen (secondary N) is 1. The first kappa shape index (κ1) is 18.1. The molecule has 2 aromatic rings. The second-order valence-corrected chi connectivity index (χ2v) is 6.67. The van der Waals surface area contributed by atoms with Gasteiger partial charge >= 0.3 is 5.97 Å². The fraction of sp³-hybridized carbons (Fsp3) is 0.333. The molecule has 1 aliphatic heterocycles. The van der Waals surface area contributed by atoms with E-state index in [9.17, 15) is 9.59 Å². The van der Waals surface area contributed by atoms with Crippen LogP contribution in [0.15, 0.2) is 54.6 Å². The third-order valence-electron chi connectivity index (χ3n) is 4.70. The Morgan fingerprint density at radius 3 is 2.46 bits per heavy atom. The second-order valence-electron chi connectivity index (χ2n) is 6.67. The quantitative estimate of drug-likeness (QED) is 0.801. The molecule has 1 fully saturated rings. The van der Waals surface area contributed by atoms with Crippen LogP contribution in [0.1, 0.15) is 40.4 Å². The summed E-state index contributed by atoms with van der Waals surface area (Å²) in [6.45, 7) is 1.53. The van der Waals surface area contributed by atoms with Gasteiger partial charge in [-0.2, -0.15) is 0 Å². The van der Waals surface area contributed by atoms with Gasteiger partial charge in [-0.1, -0.05) is 42.5 Å². The van der Waals surface area contributed by atoms with Gasteiger partial charge in [0.05, 0.1) is 18.0 Å². The Morgan fingerprint density at radius 1 is 1.12 bits per heavy atom. The zero-order valence-electron chi connectivity index (χ0n) is 14.6. The van der Waals surface area contributed by atoms with Crippen molar-refractivity contribution in [1.82, 2.24) is 5.32 Å². The van der Waals surface area contributed by atoms with E-state index in [1.807, 2.05) is 30.3 Å². The molecule has 5 heteroatoms. The molecule has 0 saturated carbocycles. The van der Waals surface area contributed by atoms with Crippen molar-refractivity contribution in [3.8, 4) is 0 Å². The van der Waals surface area contributed by atoms with E-state index in [1.165, 1.54) is 12.1 Å². The van der Waals surface area contributed by atoms with Crippen molar-refractivity contribution in [2.45, 2.75) is 25.3 Å². The van der Waals surface area contributed by atoms with Gasteiger partial charge in [0.1, 0.15) is 0 Å².